The zero-order valence-corrected chi connectivity index (χ0v) is 16.5. The number of piperidine rings is 1. The molecule has 5 nitrogen and oxygen atoms in total. The fourth-order valence-corrected chi connectivity index (χ4v) is 5.12. The lowest BCUT2D eigenvalue weighted by Crippen LogP contribution is -2.41. The fraction of sp³-hybridized carbons (Fsp3) is 0.333. The molecule has 0 spiro atoms. The number of anilines is 2. The Morgan fingerprint density at radius 1 is 1.12 bits per heavy atom. The second-order valence-electron chi connectivity index (χ2n) is 6.18. The molecule has 0 aromatic heterocycles. The Hall–Kier alpha value is -1.57. The molecule has 2 N–H and O–H groups in total. The van der Waals surface area contributed by atoms with E-state index in [1.165, 1.54) is 0 Å². The van der Waals surface area contributed by atoms with Crippen molar-refractivity contribution >= 4 is 37.3 Å². The van der Waals surface area contributed by atoms with Crippen molar-refractivity contribution in [3.8, 4) is 0 Å². The van der Waals surface area contributed by atoms with Gasteiger partial charge in [0.05, 0.1) is 5.69 Å². The van der Waals surface area contributed by atoms with E-state index in [0.717, 1.165) is 31.6 Å². The minimum Gasteiger partial charge on any atom is -0.371 e. The van der Waals surface area contributed by atoms with Gasteiger partial charge in [-0.25, -0.2) is 8.42 Å². The predicted molar refractivity (Wildman–Crippen MR) is 106 cm³/mol. The number of nitrogens with zero attached hydrogens (tertiary/aromatic N) is 1. The molecule has 25 heavy (non-hydrogen) atoms. The van der Waals surface area contributed by atoms with Gasteiger partial charge in [-0.05, 0) is 72.2 Å². The predicted octanol–water partition coefficient (Wildman–Crippen LogP) is 3.44. The zero-order valence-electron chi connectivity index (χ0n) is 14.1. The third-order valence-electron chi connectivity index (χ3n) is 4.49. The lowest BCUT2D eigenvalue weighted by Gasteiger charge is -2.33. The third-order valence-corrected chi connectivity index (χ3v) is 6.88. The lowest BCUT2D eigenvalue weighted by molar-refractivity contribution is 0.443. The van der Waals surface area contributed by atoms with Crippen molar-refractivity contribution in [1.29, 1.82) is 0 Å². The van der Waals surface area contributed by atoms with Crippen LogP contribution in [-0.4, -0.2) is 34.6 Å². The molecule has 134 valence electrons. The number of benzene rings is 2. The molecule has 7 heteroatoms. The zero-order chi connectivity index (χ0) is 17.9. The Morgan fingerprint density at radius 3 is 2.56 bits per heavy atom. The summed E-state index contributed by atoms with van der Waals surface area (Å²) in [5, 5.41) is 3.36. The first-order chi connectivity index (χ1) is 12.0. The maximum atomic E-state index is 12.6. The van der Waals surface area contributed by atoms with Crippen molar-refractivity contribution in [3.63, 3.8) is 0 Å². The number of hydrogen-bond acceptors (Lipinski definition) is 4. The Balaban J connectivity index is 1.81. The molecule has 0 bridgehead atoms. The van der Waals surface area contributed by atoms with Crippen LogP contribution in [0.25, 0.3) is 0 Å². The Labute approximate surface area is 157 Å². The van der Waals surface area contributed by atoms with Crippen LogP contribution in [-0.2, 0) is 10.0 Å². The summed E-state index contributed by atoms with van der Waals surface area (Å²) < 4.78 is 28.5. The average Bonchev–Trinajstić information content (AvgIpc) is 2.62. The van der Waals surface area contributed by atoms with Crippen LogP contribution in [0.15, 0.2) is 57.9 Å². The maximum Gasteiger partial charge on any atom is 0.263 e. The van der Waals surface area contributed by atoms with E-state index in [9.17, 15) is 8.42 Å². The van der Waals surface area contributed by atoms with Crippen molar-refractivity contribution in [2.24, 2.45) is 0 Å². The molecule has 1 aliphatic rings. The number of halogens is 1. The molecule has 1 saturated heterocycles. The van der Waals surface area contributed by atoms with Crippen molar-refractivity contribution in [2.45, 2.75) is 23.8 Å². The molecular weight excluding hydrogens is 402 g/mol. The van der Waals surface area contributed by atoms with Crippen LogP contribution in [0.4, 0.5) is 11.4 Å². The second kappa shape index (κ2) is 7.76. The van der Waals surface area contributed by atoms with Gasteiger partial charge in [0.1, 0.15) is 4.90 Å². The van der Waals surface area contributed by atoms with E-state index in [0.29, 0.717) is 16.2 Å². The molecule has 0 aliphatic carbocycles. The van der Waals surface area contributed by atoms with Crippen LogP contribution in [0.1, 0.15) is 12.8 Å². The minimum atomic E-state index is -3.64. The molecule has 1 heterocycles. The summed E-state index contributed by atoms with van der Waals surface area (Å²) in [5.74, 6) is 0. The van der Waals surface area contributed by atoms with E-state index in [4.69, 9.17) is 0 Å². The molecule has 0 unspecified atom stereocenters. The molecule has 2 aromatic rings. The normalized spacial score (nSPS) is 15.8. The second-order valence-corrected chi connectivity index (χ2v) is 8.68. The van der Waals surface area contributed by atoms with E-state index in [1.807, 2.05) is 18.2 Å². The summed E-state index contributed by atoms with van der Waals surface area (Å²) in [6.07, 6.45) is 2.17. The Bertz CT molecular complexity index is 836. The first-order valence-electron chi connectivity index (χ1n) is 8.28. The van der Waals surface area contributed by atoms with Crippen molar-refractivity contribution in [3.05, 3.63) is 53.0 Å². The third kappa shape index (κ3) is 4.34. The van der Waals surface area contributed by atoms with E-state index in [1.54, 1.807) is 30.3 Å². The molecule has 3 rings (SSSR count). The summed E-state index contributed by atoms with van der Waals surface area (Å²) in [4.78, 5) is 2.46. The smallest absolute Gasteiger partial charge is 0.263 e. The van der Waals surface area contributed by atoms with Crippen molar-refractivity contribution in [1.82, 2.24) is 5.32 Å². The van der Waals surface area contributed by atoms with Gasteiger partial charge >= 0.3 is 0 Å². The molecule has 1 fully saturated rings. The van der Waals surface area contributed by atoms with E-state index in [2.05, 4.69) is 37.9 Å². The molecule has 0 amide bonds. The summed E-state index contributed by atoms with van der Waals surface area (Å²) in [5.41, 5.74) is 1.58. The molecule has 1 aliphatic heterocycles. The van der Waals surface area contributed by atoms with Gasteiger partial charge < -0.3 is 10.2 Å². The SMILES string of the molecule is CN(c1cccc(NS(=O)(=O)c2ccccc2Br)c1)C1CCNCC1. The molecule has 2 aromatic carbocycles. The van der Waals surface area contributed by atoms with Crippen LogP contribution >= 0.6 is 15.9 Å². The number of sulfonamides is 1. The Morgan fingerprint density at radius 2 is 1.84 bits per heavy atom. The Kier molecular flexibility index (Phi) is 5.66. The van der Waals surface area contributed by atoms with E-state index < -0.39 is 10.0 Å². The van der Waals surface area contributed by atoms with Crippen LogP contribution in [0.2, 0.25) is 0 Å². The quantitative estimate of drug-likeness (QED) is 0.772. The molecule has 0 saturated carbocycles. The fourth-order valence-electron chi connectivity index (χ4n) is 3.07. The number of rotatable bonds is 5. The van der Waals surface area contributed by atoms with Gasteiger partial charge in [0.25, 0.3) is 10.0 Å². The van der Waals surface area contributed by atoms with Crippen LogP contribution in [0.5, 0.6) is 0 Å². The highest BCUT2D eigenvalue weighted by molar-refractivity contribution is 9.10. The first-order valence-corrected chi connectivity index (χ1v) is 10.6. The van der Waals surface area contributed by atoms with Crippen molar-refractivity contribution in [2.75, 3.05) is 29.8 Å². The van der Waals surface area contributed by atoms with Crippen LogP contribution < -0.4 is 14.9 Å². The highest BCUT2D eigenvalue weighted by atomic mass is 79.9. The van der Waals surface area contributed by atoms with Gasteiger partial charge in [0.15, 0.2) is 0 Å². The minimum absolute atomic E-state index is 0.229. The van der Waals surface area contributed by atoms with E-state index in [-0.39, 0.29) is 4.90 Å². The first kappa shape index (κ1) is 18.2. The average molecular weight is 424 g/mol. The highest BCUT2D eigenvalue weighted by Crippen LogP contribution is 2.27. The molecule has 0 atom stereocenters. The standard InChI is InChI=1S/C18H22BrN3O2S/c1-22(15-9-11-20-12-10-15)16-6-4-5-14(13-16)21-25(23,24)18-8-3-2-7-17(18)19/h2-8,13,15,20-21H,9-12H2,1H3. The number of nitrogens with one attached hydrogen (secondary N) is 2. The van der Waals surface area contributed by atoms with Gasteiger partial charge in [-0.3, -0.25) is 4.72 Å². The maximum absolute atomic E-state index is 12.6. The lowest BCUT2D eigenvalue weighted by atomic mass is 10.0. The van der Waals surface area contributed by atoms with Crippen LogP contribution in [0.3, 0.4) is 0 Å². The largest absolute Gasteiger partial charge is 0.371 e. The summed E-state index contributed by atoms with van der Waals surface area (Å²) in [6, 6.07) is 14.8. The topological polar surface area (TPSA) is 61.4 Å². The van der Waals surface area contributed by atoms with Crippen LogP contribution in [0, 0.1) is 0 Å². The summed E-state index contributed by atoms with van der Waals surface area (Å²) >= 11 is 3.30. The van der Waals surface area contributed by atoms with Gasteiger partial charge in [0, 0.05) is 23.2 Å². The monoisotopic (exact) mass is 423 g/mol. The number of hydrogen-bond donors (Lipinski definition) is 2. The van der Waals surface area contributed by atoms with Gasteiger partial charge in [-0.2, -0.15) is 0 Å². The van der Waals surface area contributed by atoms with Gasteiger partial charge in [-0.15, -0.1) is 0 Å². The summed E-state index contributed by atoms with van der Waals surface area (Å²) in [7, 11) is -1.57. The molecular formula is C18H22BrN3O2S. The van der Waals surface area contributed by atoms with Gasteiger partial charge in [-0.1, -0.05) is 18.2 Å². The van der Waals surface area contributed by atoms with Crippen molar-refractivity contribution < 1.29 is 8.42 Å². The van der Waals surface area contributed by atoms with E-state index >= 15 is 0 Å². The highest BCUT2D eigenvalue weighted by Gasteiger charge is 2.20. The summed E-state index contributed by atoms with van der Waals surface area (Å²) in [6.45, 7) is 2.03. The molecule has 0 radical (unpaired) electrons. The van der Waals surface area contributed by atoms with Gasteiger partial charge in [0.2, 0.25) is 0 Å².